The molecule has 2 saturated heterocycles. The summed E-state index contributed by atoms with van der Waals surface area (Å²) in [6.07, 6.45) is 3.28. The summed E-state index contributed by atoms with van der Waals surface area (Å²) >= 11 is 5.98. The molecule has 0 atom stereocenters. The molecule has 0 saturated carbocycles. The maximum absolute atomic E-state index is 11.4. The standard InChI is InChI=1S/C10H10ClNO.C10H11NO/c11-8-4-1-2-5-9(8)12-7-3-6-10(12)13;12-10-7-4-8-11(10)9-5-2-1-3-6-9/h1-2,4-5H,3,6-7H2;1-3,5-6H,4,7-8H2. The molecule has 2 heterocycles. The van der Waals surface area contributed by atoms with Crippen molar-refractivity contribution in [3.63, 3.8) is 0 Å². The molecule has 2 aliphatic heterocycles. The lowest BCUT2D eigenvalue weighted by Crippen LogP contribution is -2.23. The van der Waals surface area contributed by atoms with Crippen LogP contribution >= 0.6 is 11.6 Å². The first kappa shape index (κ1) is 17.5. The van der Waals surface area contributed by atoms with Gasteiger partial charge in [0.05, 0.1) is 10.7 Å². The van der Waals surface area contributed by atoms with Crippen molar-refractivity contribution in [3.8, 4) is 0 Å². The van der Waals surface area contributed by atoms with Gasteiger partial charge in [-0.05, 0) is 37.1 Å². The van der Waals surface area contributed by atoms with Crippen LogP contribution in [0.4, 0.5) is 11.4 Å². The average molecular weight is 357 g/mol. The first-order chi connectivity index (χ1) is 12.2. The van der Waals surface area contributed by atoms with Crippen molar-refractivity contribution in [2.24, 2.45) is 0 Å². The van der Waals surface area contributed by atoms with Gasteiger partial charge in [0.2, 0.25) is 11.8 Å². The van der Waals surface area contributed by atoms with Crippen molar-refractivity contribution in [2.45, 2.75) is 25.7 Å². The zero-order valence-electron chi connectivity index (χ0n) is 14.0. The summed E-state index contributed by atoms with van der Waals surface area (Å²) in [7, 11) is 0. The number of benzene rings is 2. The van der Waals surface area contributed by atoms with Crippen LogP contribution in [0.3, 0.4) is 0 Å². The van der Waals surface area contributed by atoms with Crippen molar-refractivity contribution >= 4 is 34.8 Å². The first-order valence-electron chi connectivity index (χ1n) is 8.57. The number of para-hydroxylation sites is 2. The first-order valence-corrected chi connectivity index (χ1v) is 8.95. The second kappa shape index (κ2) is 8.17. The van der Waals surface area contributed by atoms with E-state index in [0.717, 1.165) is 37.3 Å². The number of carbonyl (C=O) groups excluding carboxylic acids is 2. The van der Waals surface area contributed by atoms with Crippen LogP contribution in [0.5, 0.6) is 0 Å². The van der Waals surface area contributed by atoms with Crippen molar-refractivity contribution in [3.05, 3.63) is 59.6 Å². The quantitative estimate of drug-likeness (QED) is 0.805. The SMILES string of the molecule is O=C1CCCN1c1ccccc1.O=C1CCCN1c1ccccc1Cl. The summed E-state index contributed by atoms with van der Waals surface area (Å²) in [5.41, 5.74) is 1.87. The molecule has 0 N–H and O–H groups in total. The Bertz CT molecular complexity index is 748. The zero-order chi connectivity index (χ0) is 17.6. The van der Waals surface area contributed by atoms with Crippen LogP contribution in [0, 0.1) is 0 Å². The molecular weight excluding hydrogens is 336 g/mol. The molecule has 0 bridgehead atoms. The van der Waals surface area contributed by atoms with Crippen molar-refractivity contribution in [1.82, 2.24) is 0 Å². The molecule has 0 aliphatic carbocycles. The lowest BCUT2D eigenvalue weighted by atomic mass is 10.3. The molecule has 5 heteroatoms. The predicted octanol–water partition coefficient (Wildman–Crippen LogP) is 4.28. The normalized spacial score (nSPS) is 16.8. The van der Waals surface area contributed by atoms with E-state index < -0.39 is 0 Å². The van der Waals surface area contributed by atoms with E-state index in [1.165, 1.54) is 0 Å². The van der Waals surface area contributed by atoms with Crippen LogP contribution in [-0.2, 0) is 9.59 Å². The largest absolute Gasteiger partial charge is 0.312 e. The van der Waals surface area contributed by atoms with Gasteiger partial charge in [-0.3, -0.25) is 9.59 Å². The minimum absolute atomic E-state index is 0.174. The average Bonchev–Trinajstić information content (AvgIpc) is 3.25. The molecule has 2 aromatic rings. The topological polar surface area (TPSA) is 40.6 Å². The fourth-order valence-electron chi connectivity index (χ4n) is 3.10. The summed E-state index contributed by atoms with van der Waals surface area (Å²) in [6, 6.07) is 17.3. The fraction of sp³-hybridized carbons (Fsp3) is 0.300. The zero-order valence-corrected chi connectivity index (χ0v) is 14.8. The summed E-state index contributed by atoms with van der Waals surface area (Å²) in [5, 5.41) is 0.651. The summed E-state index contributed by atoms with van der Waals surface area (Å²) < 4.78 is 0. The van der Waals surface area contributed by atoms with Crippen LogP contribution in [0.1, 0.15) is 25.7 Å². The second-order valence-corrected chi connectivity index (χ2v) is 6.49. The molecule has 2 amide bonds. The highest BCUT2D eigenvalue weighted by Crippen LogP contribution is 2.28. The van der Waals surface area contributed by atoms with Gasteiger partial charge >= 0.3 is 0 Å². The lowest BCUT2D eigenvalue weighted by molar-refractivity contribution is -0.117. The van der Waals surface area contributed by atoms with Gasteiger partial charge in [0.15, 0.2) is 0 Å². The maximum Gasteiger partial charge on any atom is 0.227 e. The van der Waals surface area contributed by atoms with Gasteiger partial charge in [-0.1, -0.05) is 41.9 Å². The predicted molar refractivity (Wildman–Crippen MR) is 101 cm³/mol. The summed E-state index contributed by atoms with van der Waals surface area (Å²) in [5.74, 6) is 0.425. The third-order valence-electron chi connectivity index (χ3n) is 4.36. The Kier molecular flexibility index (Phi) is 5.71. The molecule has 2 aromatic carbocycles. The van der Waals surface area contributed by atoms with E-state index in [1.54, 1.807) is 4.90 Å². The van der Waals surface area contributed by atoms with Crippen LogP contribution in [0.2, 0.25) is 5.02 Å². The van der Waals surface area contributed by atoms with E-state index >= 15 is 0 Å². The van der Waals surface area contributed by atoms with E-state index in [-0.39, 0.29) is 11.8 Å². The van der Waals surface area contributed by atoms with Crippen LogP contribution < -0.4 is 9.80 Å². The highest BCUT2D eigenvalue weighted by molar-refractivity contribution is 6.33. The highest BCUT2D eigenvalue weighted by atomic mass is 35.5. The molecule has 0 spiro atoms. The number of amides is 2. The molecule has 2 aliphatic rings. The van der Waals surface area contributed by atoms with E-state index in [2.05, 4.69) is 0 Å². The number of hydrogen-bond donors (Lipinski definition) is 0. The Morgan fingerprint density at radius 1 is 0.720 bits per heavy atom. The number of hydrogen-bond acceptors (Lipinski definition) is 2. The van der Waals surface area contributed by atoms with Gasteiger partial charge in [-0.25, -0.2) is 0 Å². The monoisotopic (exact) mass is 356 g/mol. The molecule has 4 nitrogen and oxygen atoms in total. The third-order valence-corrected chi connectivity index (χ3v) is 4.68. The van der Waals surface area contributed by atoms with Crippen molar-refractivity contribution in [2.75, 3.05) is 22.9 Å². The van der Waals surface area contributed by atoms with E-state index in [4.69, 9.17) is 11.6 Å². The van der Waals surface area contributed by atoms with Gasteiger partial charge in [0, 0.05) is 31.6 Å². The Labute approximate surface area is 153 Å². The number of nitrogens with zero attached hydrogens (tertiary/aromatic N) is 2. The second-order valence-electron chi connectivity index (χ2n) is 6.08. The third kappa shape index (κ3) is 4.20. The number of carbonyl (C=O) groups is 2. The minimum Gasteiger partial charge on any atom is -0.312 e. The summed E-state index contributed by atoms with van der Waals surface area (Å²) in [6.45, 7) is 1.67. The van der Waals surface area contributed by atoms with E-state index in [9.17, 15) is 9.59 Å². The van der Waals surface area contributed by atoms with Crippen molar-refractivity contribution < 1.29 is 9.59 Å². The van der Waals surface area contributed by atoms with Gasteiger partial charge in [-0.2, -0.15) is 0 Å². The van der Waals surface area contributed by atoms with E-state index in [1.807, 2.05) is 59.5 Å². The molecule has 0 unspecified atom stereocenters. The minimum atomic E-state index is 0.174. The van der Waals surface area contributed by atoms with Crippen molar-refractivity contribution in [1.29, 1.82) is 0 Å². The van der Waals surface area contributed by atoms with Gasteiger partial charge in [0.25, 0.3) is 0 Å². The Hall–Kier alpha value is -2.33. The highest BCUT2D eigenvalue weighted by Gasteiger charge is 2.23. The summed E-state index contributed by atoms with van der Waals surface area (Å²) in [4.78, 5) is 26.3. The molecule has 25 heavy (non-hydrogen) atoms. The maximum atomic E-state index is 11.4. The molecule has 4 rings (SSSR count). The van der Waals surface area contributed by atoms with E-state index in [0.29, 0.717) is 17.9 Å². The molecule has 130 valence electrons. The smallest absolute Gasteiger partial charge is 0.227 e. The Morgan fingerprint density at radius 2 is 1.28 bits per heavy atom. The molecule has 0 aromatic heterocycles. The van der Waals surface area contributed by atoms with Gasteiger partial charge < -0.3 is 9.80 Å². The number of rotatable bonds is 2. The Morgan fingerprint density at radius 3 is 1.84 bits per heavy atom. The molecule has 0 radical (unpaired) electrons. The van der Waals surface area contributed by atoms with Crippen LogP contribution in [0.15, 0.2) is 54.6 Å². The fourth-order valence-corrected chi connectivity index (χ4v) is 3.34. The lowest BCUT2D eigenvalue weighted by Gasteiger charge is -2.16. The number of anilines is 2. The van der Waals surface area contributed by atoms with Gasteiger partial charge in [0.1, 0.15) is 0 Å². The molecule has 2 fully saturated rings. The number of halogens is 1. The van der Waals surface area contributed by atoms with Crippen LogP contribution in [-0.4, -0.2) is 24.9 Å². The Balaban J connectivity index is 0.000000146. The van der Waals surface area contributed by atoms with Gasteiger partial charge in [-0.15, -0.1) is 0 Å². The molecular formula is C20H21ClN2O2. The van der Waals surface area contributed by atoms with Crippen LogP contribution in [0.25, 0.3) is 0 Å².